The highest BCUT2D eigenvalue weighted by atomic mass is 16.3. The zero-order valence-corrected chi connectivity index (χ0v) is 52.3. The van der Waals surface area contributed by atoms with Gasteiger partial charge >= 0.3 is 0 Å². The molecule has 0 amide bonds. The smallest absolute Gasteiger partial charge is 0.297 e. The second-order valence-electron chi connectivity index (χ2n) is 31.3. The molecule has 0 radical (unpaired) electrons. The SMILES string of the molecule is CC(C)(C)c1ccc(N(c2ccc(C(C)(C)C)cc2)c2cc3c4c(c2)N2c5c(cc(C(C)(C)C)cc5C5(C)CCCCC25C)B4c2oc4cc5c(cc4c2N3c2ccc(C(C)(C)C)cc2-c2ccccc2)C(C)(C)CCC5(C)C)cc1. The van der Waals surface area contributed by atoms with Crippen LogP contribution in [0.3, 0.4) is 0 Å². The summed E-state index contributed by atoms with van der Waals surface area (Å²) in [5, 5.41) is 1.19. The van der Waals surface area contributed by atoms with Gasteiger partial charge in [-0.3, -0.25) is 0 Å². The minimum absolute atomic E-state index is 0.00725. The van der Waals surface area contributed by atoms with Crippen molar-refractivity contribution in [2.75, 3.05) is 14.7 Å². The number of hydrogen-bond acceptors (Lipinski definition) is 4. The highest BCUT2D eigenvalue weighted by molar-refractivity contribution is 7.00. The van der Waals surface area contributed by atoms with Gasteiger partial charge in [-0.15, -0.1) is 0 Å². The van der Waals surface area contributed by atoms with Crippen LogP contribution in [0.25, 0.3) is 22.1 Å². The van der Waals surface area contributed by atoms with Crippen LogP contribution in [0.2, 0.25) is 0 Å². The largest absolute Gasteiger partial charge is 0.468 e. The molecule has 8 aromatic rings. The molecule has 1 saturated carbocycles. The van der Waals surface area contributed by atoms with Gasteiger partial charge < -0.3 is 19.1 Å². The van der Waals surface area contributed by atoms with Crippen LogP contribution >= 0.6 is 0 Å². The molecule has 0 N–H and O–H groups in total. The summed E-state index contributed by atoms with van der Waals surface area (Å²) in [6, 6.07) is 53.0. The van der Waals surface area contributed by atoms with Crippen LogP contribution in [-0.4, -0.2) is 12.3 Å². The van der Waals surface area contributed by atoms with E-state index < -0.39 is 0 Å². The van der Waals surface area contributed by atoms with Crippen LogP contribution in [-0.2, 0) is 37.9 Å². The molecule has 5 aliphatic rings. The van der Waals surface area contributed by atoms with E-state index in [0.717, 1.165) is 59.7 Å². The van der Waals surface area contributed by atoms with Crippen LogP contribution in [0, 0.1) is 0 Å². The van der Waals surface area contributed by atoms with Gasteiger partial charge in [-0.25, -0.2) is 0 Å². The predicted molar refractivity (Wildman–Crippen MR) is 349 cm³/mol. The van der Waals surface area contributed by atoms with Gasteiger partial charge in [0.25, 0.3) is 6.71 Å². The molecule has 4 heterocycles. The molecule has 1 fully saturated rings. The lowest BCUT2D eigenvalue weighted by Gasteiger charge is -2.52. The Balaban J connectivity index is 1.22. The van der Waals surface area contributed by atoms with E-state index in [1.165, 1.54) is 102 Å². The molecule has 0 bridgehead atoms. The van der Waals surface area contributed by atoms with E-state index in [1.807, 2.05) is 0 Å². The summed E-state index contributed by atoms with van der Waals surface area (Å²) < 4.78 is 7.91. The number of anilines is 8. The molecular formula is C76H88BN3O. The summed E-state index contributed by atoms with van der Waals surface area (Å²) in [6.45, 7) is 43.1. The van der Waals surface area contributed by atoms with Crippen molar-refractivity contribution in [1.29, 1.82) is 0 Å². The Labute approximate surface area is 486 Å². The van der Waals surface area contributed by atoms with Gasteiger partial charge in [0.05, 0.1) is 28.3 Å². The van der Waals surface area contributed by atoms with Gasteiger partial charge in [-0.2, -0.15) is 0 Å². The fourth-order valence-electron chi connectivity index (χ4n) is 15.4. The minimum atomic E-state index is -0.192. The van der Waals surface area contributed by atoms with Crippen molar-refractivity contribution in [3.8, 4) is 11.1 Å². The molecular weight excluding hydrogens is 982 g/mol. The van der Waals surface area contributed by atoms with Crippen molar-refractivity contribution in [2.24, 2.45) is 0 Å². The Bertz CT molecular complexity index is 3790. The molecule has 13 rings (SSSR count). The maximum atomic E-state index is 7.91. The molecule has 0 saturated heterocycles. The first kappa shape index (κ1) is 53.8. The van der Waals surface area contributed by atoms with Crippen molar-refractivity contribution < 1.29 is 4.42 Å². The molecule has 2 aliphatic carbocycles. The molecule has 3 aliphatic heterocycles. The lowest BCUT2D eigenvalue weighted by molar-refractivity contribution is 0.195. The summed E-state index contributed by atoms with van der Waals surface area (Å²) in [7, 11) is 0. The van der Waals surface area contributed by atoms with E-state index in [-0.39, 0.29) is 50.2 Å². The molecule has 5 heteroatoms. The number of furan rings is 1. The maximum Gasteiger partial charge on any atom is 0.297 e. The zero-order valence-electron chi connectivity index (χ0n) is 52.3. The predicted octanol–water partition coefficient (Wildman–Crippen LogP) is 19.5. The van der Waals surface area contributed by atoms with E-state index in [0.29, 0.717) is 0 Å². The first-order chi connectivity index (χ1) is 37.9. The van der Waals surface area contributed by atoms with Gasteiger partial charge in [0.15, 0.2) is 0 Å². The van der Waals surface area contributed by atoms with Crippen LogP contribution < -0.4 is 31.3 Å². The average Bonchev–Trinajstić information content (AvgIpc) is 3.48. The number of rotatable bonds is 5. The third kappa shape index (κ3) is 8.10. The summed E-state index contributed by atoms with van der Waals surface area (Å²) in [5.74, 6) is 0. The second kappa shape index (κ2) is 17.5. The normalized spacial score (nSPS) is 20.6. The zero-order chi connectivity index (χ0) is 57.5. The van der Waals surface area contributed by atoms with Gasteiger partial charge in [-0.1, -0.05) is 203 Å². The van der Waals surface area contributed by atoms with E-state index in [4.69, 9.17) is 4.42 Å². The quantitative estimate of drug-likeness (QED) is 0.160. The third-order valence-electron chi connectivity index (χ3n) is 20.9. The van der Waals surface area contributed by atoms with Crippen molar-refractivity contribution >= 4 is 79.8 Å². The first-order valence-electron chi connectivity index (χ1n) is 30.7. The van der Waals surface area contributed by atoms with Gasteiger partial charge in [0.1, 0.15) is 5.58 Å². The number of hydrogen-bond donors (Lipinski definition) is 0. The molecule has 7 aromatic carbocycles. The Morgan fingerprint density at radius 1 is 0.469 bits per heavy atom. The molecule has 2 atom stereocenters. The Hall–Kier alpha value is -6.46. The number of nitrogens with zero attached hydrogens (tertiary/aromatic N) is 3. The summed E-state index contributed by atoms with van der Waals surface area (Å²) in [4.78, 5) is 8.16. The molecule has 1 aromatic heterocycles. The standard InChI is InChI=1S/C76H88BN3O/c1-69(2,3)48-26-31-52(32-27-48)78(53-33-28-49(29-34-53)70(4,5)6)54-43-62-65-63(44-54)80-67-59(75(17)36-22-23-37-76(75,80)18)41-51(72(10,11)12)42-60(67)77(65)68-66(56-45-57-58(46-64(56)81-68)74(15,16)39-38-73(57,13)14)79(62)61-35-30-50(71(7,8)9)40-55(61)47-24-20-19-21-25-47/h19-21,24-35,40-46H,22-23,36-39H2,1-18H3. The Morgan fingerprint density at radius 2 is 1.01 bits per heavy atom. The van der Waals surface area contributed by atoms with E-state index in [2.05, 4.69) is 273 Å². The van der Waals surface area contributed by atoms with E-state index in [9.17, 15) is 0 Å². The lowest BCUT2D eigenvalue weighted by atomic mass is 9.35. The van der Waals surface area contributed by atoms with E-state index >= 15 is 0 Å². The fraction of sp³-hybridized carbons (Fsp3) is 0.421. The van der Waals surface area contributed by atoms with Crippen molar-refractivity contribution in [2.45, 2.75) is 207 Å². The summed E-state index contributed by atoms with van der Waals surface area (Å²) >= 11 is 0. The van der Waals surface area contributed by atoms with Gasteiger partial charge in [0, 0.05) is 44.8 Å². The average molecular weight is 1070 g/mol. The van der Waals surface area contributed by atoms with Crippen LogP contribution in [0.4, 0.5) is 45.5 Å². The Morgan fingerprint density at radius 3 is 1.59 bits per heavy atom. The van der Waals surface area contributed by atoms with E-state index in [1.54, 1.807) is 0 Å². The fourth-order valence-corrected chi connectivity index (χ4v) is 15.4. The highest BCUT2D eigenvalue weighted by Crippen LogP contribution is 2.63. The topological polar surface area (TPSA) is 22.9 Å². The van der Waals surface area contributed by atoms with Gasteiger partial charge in [-0.05, 0) is 181 Å². The summed E-state index contributed by atoms with van der Waals surface area (Å²) in [5.41, 5.74) is 26.2. The molecule has 0 spiro atoms. The van der Waals surface area contributed by atoms with Crippen LogP contribution in [0.1, 0.15) is 202 Å². The lowest BCUT2D eigenvalue weighted by Crippen LogP contribution is -2.64. The number of fused-ring (bicyclic) bond motifs is 10. The van der Waals surface area contributed by atoms with Crippen LogP contribution in [0.5, 0.6) is 0 Å². The monoisotopic (exact) mass is 1070 g/mol. The maximum absolute atomic E-state index is 7.91. The highest BCUT2D eigenvalue weighted by Gasteiger charge is 2.62. The van der Waals surface area contributed by atoms with Crippen LogP contribution in [0.15, 0.2) is 138 Å². The number of benzene rings is 7. The molecule has 2 unspecified atom stereocenters. The van der Waals surface area contributed by atoms with Crippen molar-refractivity contribution in [1.82, 2.24) is 0 Å². The minimum Gasteiger partial charge on any atom is -0.468 e. The second-order valence-corrected chi connectivity index (χ2v) is 31.3. The van der Waals surface area contributed by atoms with Crippen molar-refractivity contribution in [3.05, 3.63) is 172 Å². The molecule has 4 nitrogen and oxygen atoms in total. The van der Waals surface area contributed by atoms with Gasteiger partial charge in [0.2, 0.25) is 0 Å². The van der Waals surface area contributed by atoms with Crippen molar-refractivity contribution in [3.63, 3.8) is 0 Å². The third-order valence-corrected chi connectivity index (χ3v) is 20.9. The molecule has 81 heavy (non-hydrogen) atoms. The first-order valence-corrected chi connectivity index (χ1v) is 30.7. The molecule has 416 valence electrons. The summed E-state index contributed by atoms with van der Waals surface area (Å²) in [6.07, 6.45) is 6.97. The Kier molecular flexibility index (Phi) is 11.7.